The SMILES string of the molecule is CCNC(=NCC(C)Oc1ccccc1F)NC1CCN(CC(C)C)CC1.I. The molecule has 0 bridgehead atoms. The molecule has 1 heterocycles. The fourth-order valence-electron chi connectivity index (χ4n) is 3.30. The topological polar surface area (TPSA) is 48.9 Å². The number of nitrogens with one attached hydrogen (secondary N) is 2. The number of nitrogens with zero attached hydrogens (tertiary/aromatic N) is 2. The van der Waals surface area contributed by atoms with Crippen molar-refractivity contribution in [1.29, 1.82) is 0 Å². The van der Waals surface area contributed by atoms with E-state index in [1.807, 2.05) is 6.92 Å². The van der Waals surface area contributed by atoms with E-state index in [0.717, 1.165) is 38.4 Å². The van der Waals surface area contributed by atoms with Crippen molar-refractivity contribution in [2.24, 2.45) is 10.9 Å². The number of para-hydroxylation sites is 1. The number of hydrogen-bond acceptors (Lipinski definition) is 3. The van der Waals surface area contributed by atoms with Crippen molar-refractivity contribution in [2.75, 3.05) is 32.7 Å². The second-order valence-electron chi connectivity index (χ2n) is 7.69. The van der Waals surface area contributed by atoms with Gasteiger partial charge in [-0.15, -0.1) is 24.0 Å². The van der Waals surface area contributed by atoms with Crippen molar-refractivity contribution < 1.29 is 9.13 Å². The number of likely N-dealkylation sites (tertiary alicyclic amines) is 1. The molecule has 0 saturated carbocycles. The van der Waals surface area contributed by atoms with Crippen LogP contribution in [0.15, 0.2) is 29.3 Å². The van der Waals surface area contributed by atoms with Crippen LogP contribution in [-0.2, 0) is 0 Å². The lowest BCUT2D eigenvalue weighted by atomic mass is 10.0. The highest BCUT2D eigenvalue weighted by Gasteiger charge is 2.20. The highest BCUT2D eigenvalue weighted by atomic mass is 127. The van der Waals surface area contributed by atoms with Crippen molar-refractivity contribution in [2.45, 2.75) is 52.7 Å². The van der Waals surface area contributed by atoms with E-state index in [1.54, 1.807) is 18.2 Å². The summed E-state index contributed by atoms with van der Waals surface area (Å²) in [5.74, 6) is 1.45. The fraction of sp³-hybridized carbons (Fsp3) is 0.667. The lowest BCUT2D eigenvalue weighted by molar-refractivity contribution is 0.186. The van der Waals surface area contributed by atoms with E-state index in [2.05, 4.69) is 41.3 Å². The number of piperidine rings is 1. The van der Waals surface area contributed by atoms with Crippen LogP contribution in [0.2, 0.25) is 0 Å². The van der Waals surface area contributed by atoms with Crippen molar-refractivity contribution >= 4 is 29.9 Å². The molecular weight excluding hydrogens is 470 g/mol. The molecule has 0 amide bonds. The molecular formula is C21H36FIN4O. The maximum atomic E-state index is 13.7. The summed E-state index contributed by atoms with van der Waals surface area (Å²) in [6.07, 6.45) is 2.04. The van der Waals surface area contributed by atoms with Gasteiger partial charge in [0.2, 0.25) is 0 Å². The smallest absolute Gasteiger partial charge is 0.191 e. The van der Waals surface area contributed by atoms with Crippen molar-refractivity contribution in [3.05, 3.63) is 30.1 Å². The third kappa shape index (κ3) is 8.94. The molecule has 1 aliphatic heterocycles. The zero-order valence-corrected chi connectivity index (χ0v) is 19.9. The Hall–Kier alpha value is -1.09. The Morgan fingerprint density at radius 1 is 1.25 bits per heavy atom. The zero-order valence-electron chi connectivity index (χ0n) is 17.6. The highest BCUT2D eigenvalue weighted by molar-refractivity contribution is 14.0. The molecule has 1 aromatic carbocycles. The standard InChI is InChI=1S/C21H35FN4O.HI/c1-5-23-21(25-18-10-12-26(13-11-18)15-16(2)3)24-14-17(4)27-20-9-7-6-8-19(20)22;/h6-9,16-18H,5,10-15H2,1-4H3,(H2,23,24,25);1H. The van der Waals surface area contributed by atoms with Gasteiger partial charge in [-0.2, -0.15) is 0 Å². The Kier molecular flexibility index (Phi) is 11.8. The molecule has 1 atom stereocenters. The summed E-state index contributed by atoms with van der Waals surface area (Å²) in [4.78, 5) is 7.17. The Bertz CT molecular complexity index is 592. The van der Waals surface area contributed by atoms with E-state index in [9.17, 15) is 4.39 Å². The van der Waals surface area contributed by atoms with E-state index < -0.39 is 0 Å². The predicted octanol–water partition coefficient (Wildman–Crippen LogP) is 3.89. The summed E-state index contributed by atoms with van der Waals surface area (Å²) in [6, 6.07) is 6.91. The van der Waals surface area contributed by atoms with Crippen molar-refractivity contribution in [1.82, 2.24) is 15.5 Å². The number of rotatable bonds is 8. The fourth-order valence-corrected chi connectivity index (χ4v) is 3.30. The van der Waals surface area contributed by atoms with Gasteiger partial charge >= 0.3 is 0 Å². The molecule has 5 nitrogen and oxygen atoms in total. The monoisotopic (exact) mass is 506 g/mol. The van der Waals surface area contributed by atoms with Gasteiger partial charge in [0, 0.05) is 32.2 Å². The molecule has 0 aromatic heterocycles. The second-order valence-corrected chi connectivity index (χ2v) is 7.69. The Morgan fingerprint density at radius 2 is 1.93 bits per heavy atom. The first-order valence-electron chi connectivity index (χ1n) is 10.2. The number of aliphatic imine (C=N–C) groups is 1. The molecule has 1 fully saturated rings. The van der Waals surface area contributed by atoms with Gasteiger partial charge in [-0.05, 0) is 44.7 Å². The van der Waals surface area contributed by atoms with Crippen LogP contribution in [0, 0.1) is 11.7 Å². The van der Waals surface area contributed by atoms with Crippen LogP contribution in [0.1, 0.15) is 40.5 Å². The largest absolute Gasteiger partial charge is 0.486 e. The second kappa shape index (κ2) is 13.2. The molecule has 2 N–H and O–H groups in total. The maximum Gasteiger partial charge on any atom is 0.191 e. The molecule has 1 saturated heterocycles. The first-order chi connectivity index (χ1) is 13.0. The Labute approximate surface area is 186 Å². The number of benzene rings is 1. The van der Waals surface area contributed by atoms with E-state index in [0.29, 0.717) is 18.5 Å². The van der Waals surface area contributed by atoms with Gasteiger partial charge in [-0.25, -0.2) is 9.38 Å². The highest BCUT2D eigenvalue weighted by Crippen LogP contribution is 2.17. The minimum absolute atomic E-state index is 0. The third-order valence-corrected chi connectivity index (χ3v) is 4.57. The van der Waals surface area contributed by atoms with Crippen molar-refractivity contribution in [3.63, 3.8) is 0 Å². The van der Waals surface area contributed by atoms with E-state index >= 15 is 0 Å². The molecule has 0 radical (unpaired) electrons. The molecule has 1 aliphatic rings. The van der Waals surface area contributed by atoms with Gasteiger partial charge in [-0.1, -0.05) is 26.0 Å². The third-order valence-electron chi connectivity index (χ3n) is 4.57. The number of guanidine groups is 1. The molecule has 160 valence electrons. The van der Waals surface area contributed by atoms with Crippen LogP contribution in [-0.4, -0.2) is 55.7 Å². The van der Waals surface area contributed by atoms with Crippen LogP contribution in [0.4, 0.5) is 4.39 Å². The van der Waals surface area contributed by atoms with Gasteiger partial charge in [0.1, 0.15) is 6.10 Å². The van der Waals surface area contributed by atoms with Crippen molar-refractivity contribution in [3.8, 4) is 5.75 Å². The predicted molar refractivity (Wildman–Crippen MR) is 125 cm³/mol. The van der Waals surface area contributed by atoms with Gasteiger partial charge in [-0.3, -0.25) is 0 Å². The van der Waals surface area contributed by atoms with Crippen LogP contribution >= 0.6 is 24.0 Å². The summed E-state index contributed by atoms with van der Waals surface area (Å²) in [6.45, 7) is 13.2. The van der Waals surface area contributed by atoms with E-state index in [1.165, 1.54) is 12.6 Å². The average molecular weight is 506 g/mol. The molecule has 0 aliphatic carbocycles. The number of halogens is 2. The van der Waals surface area contributed by atoms with E-state index in [4.69, 9.17) is 4.74 Å². The molecule has 1 unspecified atom stereocenters. The Balaban J connectivity index is 0.00000392. The quantitative estimate of drug-likeness (QED) is 0.319. The van der Waals surface area contributed by atoms with Crippen LogP contribution in [0.25, 0.3) is 0 Å². The van der Waals surface area contributed by atoms with Gasteiger partial charge < -0.3 is 20.3 Å². The first kappa shape index (κ1) is 24.9. The van der Waals surface area contributed by atoms with Gasteiger partial charge in [0.25, 0.3) is 0 Å². The molecule has 1 aromatic rings. The summed E-state index contributed by atoms with van der Waals surface area (Å²) in [5, 5.41) is 6.84. The molecule has 0 spiro atoms. The first-order valence-corrected chi connectivity index (χ1v) is 10.2. The average Bonchev–Trinajstić information content (AvgIpc) is 2.63. The van der Waals surface area contributed by atoms with Crippen LogP contribution < -0.4 is 15.4 Å². The lowest BCUT2D eigenvalue weighted by Crippen LogP contribution is -2.49. The molecule has 28 heavy (non-hydrogen) atoms. The number of ether oxygens (including phenoxy) is 1. The zero-order chi connectivity index (χ0) is 19.6. The van der Waals surface area contributed by atoms with E-state index in [-0.39, 0.29) is 41.6 Å². The van der Waals surface area contributed by atoms with Gasteiger partial charge in [0.05, 0.1) is 6.54 Å². The summed E-state index contributed by atoms with van der Waals surface area (Å²) < 4.78 is 19.4. The number of hydrogen-bond donors (Lipinski definition) is 2. The normalized spacial score (nSPS) is 17.1. The molecule has 2 rings (SSSR count). The Morgan fingerprint density at radius 3 is 2.54 bits per heavy atom. The molecule has 7 heteroatoms. The summed E-state index contributed by atoms with van der Waals surface area (Å²) >= 11 is 0. The lowest BCUT2D eigenvalue weighted by Gasteiger charge is -2.34. The van der Waals surface area contributed by atoms with Gasteiger partial charge in [0.15, 0.2) is 17.5 Å². The summed E-state index contributed by atoms with van der Waals surface area (Å²) in [5.41, 5.74) is 0. The summed E-state index contributed by atoms with van der Waals surface area (Å²) in [7, 11) is 0. The van der Waals surface area contributed by atoms with Crippen LogP contribution in [0.5, 0.6) is 5.75 Å². The maximum absolute atomic E-state index is 13.7. The minimum atomic E-state index is -0.341. The minimum Gasteiger partial charge on any atom is -0.486 e. The van der Waals surface area contributed by atoms with Crippen LogP contribution in [0.3, 0.4) is 0 Å².